The van der Waals surface area contributed by atoms with Gasteiger partial charge in [0.1, 0.15) is 4.60 Å². The molecule has 104 valence electrons. The molecule has 20 heavy (non-hydrogen) atoms. The fraction of sp³-hybridized carbons (Fsp3) is 0.308. The quantitative estimate of drug-likeness (QED) is 0.744. The van der Waals surface area contributed by atoms with Gasteiger partial charge < -0.3 is 5.32 Å². The van der Waals surface area contributed by atoms with E-state index in [1.54, 1.807) is 7.05 Å². The van der Waals surface area contributed by atoms with Crippen LogP contribution in [0.15, 0.2) is 22.8 Å². The highest BCUT2D eigenvalue weighted by molar-refractivity contribution is 9.10. The van der Waals surface area contributed by atoms with Gasteiger partial charge in [-0.15, -0.1) is 0 Å². The predicted molar refractivity (Wildman–Crippen MR) is 79.4 cm³/mol. The number of carbonyl (C=O) groups excluding carboxylic acids is 1. The van der Waals surface area contributed by atoms with E-state index >= 15 is 0 Å². The molecule has 3 rings (SSSR count). The number of aromatic amines is 1. The van der Waals surface area contributed by atoms with E-state index in [-0.39, 0.29) is 11.9 Å². The highest BCUT2D eigenvalue weighted by Crippen LogP contribution is 2.31. The van der Waals surface area contributed by atoms with Crippen LogP contribution in [0.5, 0.6) is 0 Å². The lowest BCUT2D eigenvalue weighted by atomic mass is 9.86. The Morgan fingerprint density at radius 3 is 2.95 bits per heavy atom. The first-order valence-corrected chi connectivity index (χ1v) is 6.97. The third kappa shape index (κ3) is 1.89. The molecule has 3 N–H and O–H groups in total. The van der Waals surface area contributed by atoms with Crippen molar-refractivity contribution in [1.82, 2.24) is 20.4 Å². The molecule has 1 amide bonds. The zero-order valence-corrected chi connectivity index (χ0v) is 12.7. The Morgan fingerprint density at radius 2 is 2.25 bits per heavy atom. The van der Waals surface area contributed by atoms with Crippen molar-refractivity contribution in [3.8, 4) is 0 Å². The molecule has 1 aliphatic heterocycles. The molecule has 0 spiro atoms. The molecular weight excluding hydrogens is 322 g/mol. The molecule has 0 bridgehead atoms. The van der Waals surface area contributed by atoms with Crippen LogP contribution in [0, 0.1) is 5.41 Å². The zero-order valence-electron chi connectivity index (χ0n) is 11.1. The van der Waals surface area contributed by atoms with Crippen LogP contribution < -0.4 is 5.32 Å². The van der Waals surface area contributed by atoms with E-state index in [0.29, 0.717) is 6.42 Å². The highest BCUT2D eigenvalue weighted by atomic mass is 79.9. The standard InChI is InChI=1S/C13H14BrN5O/c1-13(6-10(20)19(2)12(15)16-13)7-3-4-8-9(5-7)17-18-11(8)14/h3-5H,6H2,1-2H3,(H2,15,16)(H,17,18)/t13-/m0/s1. The van der Waals surface area contributed by atoms with Crippen LogP contribution in [0.3, 0.4) is 0 Å². The molecule has 1 fully saturated rings. The Bertz CT molecular complexity index is 705. The summed E-state index contributed by atoms with van der Waals surface area (Å²) in [5.41, 5.74) is 1.27. The number of nitrogens with zero attached hydrogens (tertiary/aromatic N) is 2. The van der Waals surface area contributed by atoms with Crippen LogP contribution in [0.1, 0.15) is 18.9 Å². The van der Waals surface area contributed by atoms with Gasteiger partial charge in [-0.2, -0.15) is 5.10 Å². The number of H-pyrrole nitrogens is 1. The van der Waals surface area contributed by atoms with Gasteiger partial charge in [-0.3, -0.25) is 20.2 Å². The van der Waals surface area contributed by atoms with E-state index in [1.165, 1.54) is 4.90 Å². The van der Waals surface area contributed by atoms with Gasteiger partial charge in [-0.1, -0.05) is 6.07 Å². The summed E-state index contributed by atoms with van der Waals surface area (Å²) in [7, 11) is 1.60. The molecule has 0 saturated carbocycles. The number of aromatic nitrogens is 2. The first kappa shape index (κ1) is 13.1. The summed E-state index contributed by atoms with van der Waals surface area (Å²) < 4.78 is 0.768. The average molecular weight is 336 g/mol. The second-order valence-corrected chi connectivity index (χ2v) is 5.96. The molecule has 1 aliphatic rings. The van der Waals surface area contributed by atoms with E-state index in [0.717, 1.165) is 21.1 Å². The second-order valence-electron chi connectivity index (χ2n) is 5.21. The molecule has 1 atom stereocenters. The number of benzene rings is 1. The first-order valence-electron chi connectivity index (χ1n) is 6.18. The maximum atomic E-state index is 12.0. The van der Waals surface area contributed by atoms with Crippen LogP contribution in [-0.2, 0) is 10.3 Å². The van der Waals surface area contributed by atoms with Gasteiger partial charge in [0, 0.05) is 12.4 Å². The number of hydrogen-bond acceptors (Lipinski definition) is 3. The molecule has 7 heteroatoms. The van der Waals surface area contributed by atoms with E-state index in [4.69, 9.17) is 5.41 Å². The average Bonchev–Trinajstić information content (AvgIpc) is 2.77. The largest absolute Gasteiger partial charge is 0.346 e. The third-order valence-electron chi connectivity index (χ3n) is 3.76. The van der Waals surface area contributed by atoms with Crippen molar-refractivity contribution in [1.29, 1.82) is 5.41 Å². The van der Waals surface area contributed by atoms with Crippen LogP contribution in [0.2, 0.25) is 0 Å². The fourth-order valence-electron chi connectivity index (χ4n) is 2.44. The summed E-state index contributed by atoms with van der Waals surface area (Å²) in [5, 5.41) is 19.0. The van der Waals surface area contributed by atoms with Gasteiger partial charge in [0.25, 0.3) is 0 Å². The van der Waals surface area contributed by atoms with Crippen molar-refractivity contribution in [3.63, 3.8) is 0 Å². The zero-order chi connectivity index (χ0) is 14.5. The Balaban J connectivity index is 2.05. The highest BCUT2D eigenvalue weighted by Gasteiger charge is 2.37. The van der Waals surface area contributed by atoms with Crippen LogP contribution in [0.25, 0.3) is 10.9 Å². The number of guanidine groups is 1. The van der Waals surface area contributed by atoms with Crippen molar-refractivity contribution in [2.75, 3.05) is 7.05 Å². The molecule has 0 aliphatic carbocycles. The Hall–Kier alpha value is -1.89. The fourth-order valence-corrected chi connectivity index (χ4v) is 2.87. The number of nitrogens with one attached hydrogen (secondary N) is 3. The van der Waals surface area contributed by atoms with Crippen LogP contribution in [0.4, 0.5) is 0 Å². The molecule has 2 heterocycles. The number of carbonyl (C=O) groups is 1. The lowest BCUT2D eigenvalue weighted by Gasteiger charge is -2.39. The monoisotopic (exact) mass is 335 g/mol. The molecule has 0 radical (unpaired) electrons. The smallest absolute Gasteiger partial charge is 0.231 e. The van der Waals surface area contributed by atoms with Crippen molar-refractivity contribution in [2.24, 2.45) is 0 Å². The van der Waals surface area contributed by atoms with E-state index < -0.39 is 5.54 Å². The lowest BCUT2D eigenvalue weighted by Crippen LogP contribution is -2.58. The number of fused-ring (bicyclic) bond motifs is 1. The van der Waals surface area contributed by atoms with E-state index in [2.05, 4.69) is 31.4 Å². The first-order chi connectivity index (χ1) is 9.40. The summed E-state index contributed by atoms with van der Waals surface area (Å²) >= 11 is 3.37. The third-order valence-corrected chi connectivity index (χ3v) is 4.37. The van der Waals surface area contributed by atoms with Crippen molar-refractivity contribution in [3.05, 3.63) is 28.4 Å². The van der Waals surface area contributed by atoms with Crippen molar-refractivity contribution < 1.29 is 4.79 Å². The molecule has 1 saturated heterocycles. The summed E-state index contributed by atoms with van der Waals surface area (Å²) in [6.07, 6.45) is 0.312. The minimum Gasteiger partial charge on any atom is -0.346 e. The SMILES string of the molecule is CN1C(=N)N[C@](C)(c2ccc3c(Br)n[nH]c3c2)CC1=O. The number of halogens is 1. The Labute approximate surface area is 124 Å². The summed E-state index contributed by atoms with van der Waals surface area (Å²) in [5.74, 6) is 0.0526. The molecular formula is C13H14BrN5O. The Morgan fingerprint density at radius 1 is 1.50 bits per heavy atom. The van der Waals surface area contributed by atoms with Gasteiger partial charge in [0.15, 0.2) is 5.96 Å². The van der Waals surface area contributed by atoms with Crippen LogP contribution in [-0.4, -0.2) is 34.0 Å². The van der Waals surface area contributed by atoms with E-state index in [1.807, 2.05) is 25.1 Å². The Kier molecular flexibility index (Phi) is 2.82. The molecule has 1 aromatic carbocycles. The maximum absolute atomic E-state index is 12.0. The minimum absolute atomic E-state index is 0.0675. The molecule has 1 aromatic heterocycles. The summed E-state index contributed by atoms with van der Waals surface area (Å²) in [4.78, 5) is 13.3. The van der Waals surface area contributed by atoms with Gasteiger partial charge >= 0.3 is 0 Å². The van der Waals surface area contributed by atoms with Gasteiger partial charge in [0.2, 0.25) is 5.91 Å². The number of rotatable bonds is 1. The molecule has 2 aromatic rings. The number of hydrogen-bond donors (Lipinski definition) is 3. The molecule has 0 unspecified atom stereocenters. The number of amides is 1. The topological polar surface area (TPSA) is 84.9 Å². The van der Waals surface area contributed by atoms with Gasteiger partial charge in [0.05, 0.1) is 17.5 Å². The van der Waals surface area contributed by atoms with Crippen molar-refractivity contribution in [2.45, 2.75) is 18.9 Å². The summed E-state index contributed by atoms with van der Waals surface area (Å²) in [6, 6.07) is 5.88. The minimum atomic E-state index is -0.577. The predicted octanol–water partition coefficient (Wildman–Crippen LogP) is 1.93. The molecule has 6 nitrogen and oxygen atoms in total. The second kappa shape index (κ2) is 4.31. The van der Waals surface area contributed by atoms with Crippen molar-refractivity contribution >= 4 is 38.7 Å². The normalized spacial score (nSPS) is 23.2. The maximum Gasteiger partial charge on any atom is 0.231 e. The van der Waals surface area contributed by atoms with Crippen LogP contribution >= 0.6 is 15.9 Å². The van der Waals surface area contributed by atoms with Gasteiger partial charge in [-0.05, 0) is 40.5 Å². The lowest BCUT2D eigenvalue weighted by molar-refractivity contribution is -0.129. The van der Waals surface area contributed by atoms with E-state index in [9.17, 15) is 4.79 Å². The van der Waals surface area contributed by atoms with Gasteiger partial charge in [-0.25, -0.2) is 0 Å². The summed E-state index contributed by atoms with van der Waals surface area (Å²) in [6.45, 7) is 1.93.